The molecule has 140 valence electrons. The van der Waals surface area contributed by atoms with Gasteiger partial charge in [0.1, 0.15) is 5.69 Å². The van der Waals surface area contributed by atoms with E-state index in [1.807, 2.05) is 27.9 Å². The van der Waals surface area contributed by atoms with Crippen molar-refractivity contribution in [2.24, 2.45) is 0 Å². The molecule has 0 saturated carbocycles. The van der Waals surface area contributed by atoms with Crippen molar-refractivity contribution in [1.82, 2.24) is 20.0 Å². The second kappa shape index (κ2) is 8.33. The largest absolute Gasteiger partial charge is 0.376 e. The van der Waals surface area contributed by atoms with Gasteiger partial charge in [0, 0.05) is 30.8 Å². The first-order chi connectivity index (χ1) is 12.8. The SMILES string of the molecule is O=C(c1ccn(C2CCCNC2)n1)N(Cc1cccs1)CC1CCCO1. The molecule has 0 radical (unpaired) electrons. The Balaban J connectivity index is 1.48. The molecule has 1 amide bonds. The number of nitrogens with one attached hydrogen (secondary N) is 1. The second-order valence-corrected chi connectivity index (χ2v) is 8.11. The molecular formula is C19H26N4O2S. The number of carbonyl (C=O) groups excluding carboxylic acids is 1. The molecule has 2 aromatic heterocycles. The van der Waals surface area contributed by atoms with Crippen LogP contribution in [0, 0.1) is 0 Å². The number of hydrogen-bond acceptors (Lipinski definition) is 5. The van der Waals surface area contributed by atoms with Crippen LogP contribution in [0.5, 0.6) is 0 Å². The number of aromatic nitrogens is 2. The van der Waals surface area contributed by atoms with E-state index in [0.29, 0.717) is 24.8 Å². The van der Waals surface area contributed by atoms with E-state index in [1.165, 1.54) is 4.88 Å². The van der Waals surface area contributed by atoms with E-state index >= 15 is 0 Å². The summed E-state index contributed by atoms with van der Waals surface area (Å²) in [6.07, 6.45) is 6.45. The Kier molecular flexibility index (Phi) is 5.67. The Labute approximate surface area is 158 Å². The molecular weight excluding hydrogens is 348 g/mol. The monoisotopic (exact) mass is 374 g/mol. The summed E-state index contributed by atoms with van der Waals surface area (Å²) in [4.78, 5) is 16.2. The maximum atomic E-state index is 13.1. The Morgan fingerprint density at radius 3 is 3.08 bits per heavy atom. The summed E-state index contributed by atoms with van der Waals surface area (Å²) < 4.78 is 7.72. The number of amides is 1. The van der Waals surface area contributed by atoms with E-state index < -0.39 is 0 Å². The fourth-order valence-electron chi connectivity index (χ4n) is 3.72. The summed E-state index contributed by atoms with van der Waals surface area (Å²) >= 11 is 1.68. The lowest BCUT2D eigenvalue weighted by atomic mass is 10.1. The van der Waals surface area contributed by atoms with E-state index in [0.717, 1.165) is 45.4 Å². The van der Waals surface area contributed by atoms with Crippen LogP contribution in [-0.2, 0) is 11.3 Å². The molecule has 2 aliphatic heterocycles. The molecule has 2 aromatic rings. The number of carbonyl (C=O) groups is 1. The second-order valence-electron chi connectivity index (χ2n) is 7.08. The van der Waals surface area contributed by atoms with Gasteiger partial charge in [-0.2, -0.15) is 5.10 Å². The van der Waals surface area contributed by atoms with Crippen molar-refractivity contribution < 1.29 is 9.53 Å². The normalized spacial score (nSPS) is 23.2. The van der Waals surface area contributed by atoms with E-state index in [1.54, 1.807) is 11.3 Å². The summed E-state index contributed by atoms with van der Waals surface area (Å²) in [6, 6.07) is 6.30. The summed E-state index contributed by atoms with van der Waals surface area (Å²) in [5.41, 5.74) is 0.533. The summed E-state index contributed by atoms with van der Waals surface area (Å²) in [7, 11) is 0. The molecule has 0 bridgehead atoms. The predicted molar refractivity (Wildman–Crippen MR) is 101 cm³/mol. The lowest BCUT2D eigenvalue weighted by molar-refractivity contribution is 0.0504. The smallest absolute Gasteiger partial charge is 0.274 e. The van der Waals surface area contributed by atoms with Gasteiger partial charge in [-0.3, -0.25) is 9.48 Å². The van der Waals surface area contributed by atoms with Crippen molar-refractivity contribution in [3.8, 4) is 0 Å². The van der Waals surface area contributed by atoms with Gasteiger partial charge in [0.2, 0.25) is 0 Å². The fraction of sp³-hybridized carbons (Fsp3) is 0.579. The molecule has 2 aliphatic rings. The first-order valence-corrected chi connectivity index (χ1v) is 10.4. The van der Waals surface area contributed by atoms with Gasteiger partial charge in [-0.05, 0) is 49.7 Å². The lowest BCUT2D eigenvalue weighted by Gasteiger charge is -2.25. The van der Waals surface area contributed by atoms with Gasteiger partial charge in [0.25, 0.3) is 5.91 Å². The first-order valence-electron chi connectivity index (χ1n) is 9.49. The maximum absolute atomic E-state index is 13.1. The van der Waals surface area contributed by atoms with Crippen molar-refractivity contribution >= 4 is 17.2 Å². The molecule has 26 heavy (non-hydrogen) atoms. The molecule has 2 atom stereocenters. The van der Waals surface area contributed by atoms with Gasteiger partial charge in [-0.15, -0.1) is 11.3 Å². The molecule has 6 nitrogen and oxygen atoms in total. The minimum Gasteiger partial charge on any atom is -0.376 e. The minimum atomic E-state index is -0.00332. The van der Waals surface area contributed by atoms with Gasteiger partial charge >= 0.3 is 0 Å². The molecule has 4 heterocycles. The Bertz CT molecular complexity index is 703. The highest BCUT2D eigenvalue weighted by atomic mass is 32.1. The van der Waals surface area contributed by atoms with E-state index in [2.05, 4.69) is 21.9 Å². The number of hydrogen-bond donors (Lipinski definition) is 1. The topological polar surface area (TPSA) is 59.4 Å². The van der Waals surface area contributed by atoms with Crippen LogP contribution in [0.1, 0.15) is 47.1 Å². The van der Waals surface area contributed by atoms with Crippen LogP contribution < -0.4 is 5.32 Å². The average Bonchev–Trinajstić information content (AvgIpc) is 3.44. The Morgan fingerprint density at radius 1 is 1.38 bits per heavy atom. The van der Waals surface area contributed by atoms with Gasteiger partial charge < -0.3 is 15.0 Å². The fourth-order valence-corrected chi connectivity index (χ4v) is 4.44. The van der Waals surface area contributed by atoms with Crippen LogP contribution in [-0.4, -0.2) is 52.9 Å². The molecule has 1 N–H and O–H groups in total. The lowest BCUT2D eigenvalue weighted by Crippen LogP contribution is -2.37. The van der Waals surface area contributed by atoms with Crippen LogP contribution in [0.25, 0.3) is 0 Å². The van der Waals surface area contributed by atoms with Crippen LogP contribution in [0.3, 0.4) is 0 Å². The van der Waals surface area contributed by atoms with Gasteiger partial charge in [0.05, 0.1) is 18.7 Å². The predicted octanol–water partition coefficient (Wildman–Crippen LogP) is 2.69. The van der Waals surface area contributed by atoms with E-state index in [4.69, 9.17) is 4.74 Å². The Hall–Kier alpha value is -1.70. The van der Waals surface area contributed by atoms with Crippen molar-refractivity contribution in [3.63, 3.8) is 0 Å². The number of thiophene rings is 1. The number of nitrogens with zero attached hydrogens (tertiary/aromatic N) is 3. The van der Waals surface area contributed by atoms with Crippen LogP contribution >= 0.6 is 11.3 Å². The molecule has 4 rings (SSSR count). The van der Waals surface area contributed by atoms with Crippen LogP contribution in [0.4, 0.5) is 0 Å². The van der Waals surface area contributed by atoms with Gasteiger partial charge in [-0.25, -0.2) is 0 Å². The van der Waals surface area contributed by atoms with Gasteiger partial charge in [-0.1, -0.05) is 6.07 Å². The highest BCUT2D eigenvalue weighted by Gasteiger charge is 2.26. The molecule has 2 fully saturated rings. The first kappa shape index (κ1) is 17.7. The summed E-state index contributed by atoms with van der Waals surface area (Å²) in [5.74, 6) is -0.00332. The maximum Gasteiger partial charge on any atom is 0.274 e. The van der Waals surface area contributed by atoms with Crippen molar-refractivity contribution in [3.05, 3.63) is 40.3 Å². The van der Waals surface area contributed by atoms with Crippen molar-refractivity contribution in [1.29, 1.82) is 0 Å². The zero-order valence-corrected chi connectivity index (χ0v) is 15.8. The standard InChI is InChI=1S/C19H26N4O2S/c24-19(18-7-9-23(21-18)15-4-1-8-20-12-15)22(13-16-5-2-10-25-16)14-17-6-3-11-26-17/h3,6-7,9,11,15-16,20H,1-2,4-5,8,10,12-14H2. The van der Waals surface area contributed by atoms with Crippen LogP contribution in [0.15, 0.2) is 29.8 Å². The van der Waals surface area contributed by atoms with E-state index in [9.17, 15) is 4.79 Å². The quantitative estimate of drug-likeness (QED) is 0.845. The third-order valence-electron chi connectivity index (χ3n) is 5.13. The number of ether oxygens (including phenoxy) is 1. The highest BCUT2D eigenvalue weighted by molar-refractivity contribution is 7.09. The molecule has 0 aliphatic carbocycles. The summed E-state index contributed by atoms with van der Waals surface area (Å²) in [6.45, 7) is 4.04. The zero-order valence-electron chi connectivity index (χ0n) is 15.0. The molecule has 0 spiro atoms. The number of rotatable bonds is 6. The molecule has 2 saturated heterocycles. The zero-order chi connectivity index (χ0) is 17.8. The Morgan fingerprint density at radius 2 is 2.35 bits per heavy atom. The third kappa shape index (κ3) is 4.16. The molecule has 2 unspecified atom stereocenters. The third-order valence-corrected chi connectivity index (χ3v) is 6.00. The average molecular weight is 375 g/mol. The van der Waals surface area contributed by atoms with E-state index in [-0.39, 0.29) is 12.0 Å². The molecule has 7 heteroatoms. The molecule has 0 aromatic carbocycles. The van der Waals surface area contributed by atoms with Gasteiger partial charge in [0.15, 0.2) is 0 Å². The number of piperidine rings is 1. The van der Waals surface area contributed by atoms with Crippen LogP contribution in [0.2, 0.25) is 0 Å². The van der Waals surface area contributed by atoms with Crippen molar-refractivity contribution in [2.75, 3.05) is 26.2 Å². The van der Waals surface area contributed by atoms with Crippen molar-refractivity contribution in [2.45, 2.75) is 44.4 Å². The minimum absolute atomic E-state index is 0.00332. The summed E-state index contributed by atoms with van der Waals surface area (Å²) in [5, 5.41) is 10.1. The highest BCUT2D eigenvalue weighted by Crippen LogP contribution is 2.20.